The lowest BCUT2D eigenvalue weighted by atomic mass is 10.4. The molecule has 2 N–H and O–H groups in total. The molecule has 0 bridgehead atoms. The fourth-order valence-corrected chi connectivity index (χ4v) is 3.13. The summed E-state index contributed by atoms with van der Waals surface area (Å²) in [5, 5.41) is 7.87. The van der Waals surface area contributed by atoms with Crippen molar-refractivity contribution in [3.8, 4) is 0 Å². The van der Waals surface area contributed by atoms with Crippen LogP contribution in [0.4, 0.5) is 4.79 Å². The van der Waals surface area contributed by atoms with E-state index in [4.69, 9.17) is 0 Å². The molecule has 1 aromatic heterocycles. The Morgan fingerprint density at radius 2 is 2.35 bits per heavy atom. The lowest BCUT2D eigenvalue weighted by molar-refractivity contribution is 0.241. The first kappa shape index (κ1) is 12.8. The van der Waals surface area contributed by atoms with Crippen molar-refractivity contribution in [1.29, 1.82) is 0 Å². The van der Waals surface area contributed by atoms with Gasteiger partial charge in [-0.05, 0) is 30.2 Å². The molecular formula is C12H18N2OS2. The Balaban J connectivity index is 1.43. The summed E-state index contributed by atoms with van der Waals surface area (Å²) in [5.74, 6) is 2.76. The van der Waals surface area contributed by atoms with Gasteiger partial charge in [-0.25, -0.2) is 4.79 Å². The van der Waals surface area contributed by atoms with Crippen LogP contribution in [0.5, 0.6) is 0 Å². The number of amides is 2. The number of carbonyl (C=O) groups is 1. The molecular weight excluding hydrogens is 252 g/mol. The molecule has 3 nitrogen and oxygen atoms in total. The maximum atomic E-state index is 11.3. The second kappa shape index (κ2) is 6.91. The Bertz CT molecular complexity index is 336. The second-order valence-corrected chi connectivity index (χ2v) is 6.35. The number of thioether (sulfide) groups is 1. The summed E-state index contributed by atoms with van der Waals surface area (Å²) in [4.78, 5) is 12.7. The first-order valence-electron chi connectivity index (χ1n) is 5.96. The fourth-order valence-electron chi connectivity index (χ4n) is 1.43. The lowest BCUT2D eigenvalue weighted by Gasteiger charge is -2.06. The summed E-state index contributed by atoms with van der Waals surface area (Å²) in [6, 6.07) is 4.20. The molecule has 17 heavy (non-hydrogen) atoms. The molecule has 1 saturated carbocycles. The Morgan fingerprint density at radius 1 is 1.47 bits per heavy atom. The monoisotopic (exact) mass is 270 g/mol. The topological polar surface area (TPSA) is 41.1 Å². The third kappa shape index (κ3) is 5.46. The molecule has 1 fully saturated rings. The van der Waals surface area contributed by atoms with Gasteiger partial charge in [-0.2, -0.15) is 11.8 Å². The van der Waals surface area contributed by atoms with E-state index in [1.165, 1.54) is 17.7 Å². The molecule has 1 heterocycles. The molecule has 0 aliphatic heterocycles. The first-order chi connectivity index (χ1) is 8.34. The predicted octanol–water partition coefficient (Wildman–Crippen LogP) is 2.69. The summed E-state index contributed by atoms with van der Waals surface area (Å²) in [6.45, 7) is 1.58. The van der Waals surface area contributed by atoms with Crippen LogP contribution < -0.4 is 10.6 Å². The van der Waals surface area contributed by atoms with E-state index < -0.39 is 0 Å². The van der Waals surface area contributed by atoms with Crippen LogP contribution in [0.15, 0.2) is 17.5 Å². The summed E-state index contributed by atoms with van der Waals surface area (Å²) in [7, 11) is 0. The summed E-state index contributed by atoms with van der Waals surface area (Å²) in [6.07, 6.45) is 2.55. The second-order valence-electron chi connectivity index (χ2n) is 4.21. The highest BCUT2D eigenvalue weighted by Gasteiger charge is 2.21. The quantitative estimate of drug-likeness (QED) is 0.748. The fraction of sp³-hybridized carbons (Fsp3) is 0.583. The third-order valence-corrected chi connectivity index (χ3v) is 4.67. The highest BCUT2D eigenvalue weighted by atomic mass is 32.2. The van der Waals surface area contributed by atoms with E-state index in [-0.39, 0.29) is 6.03 Å². The molecule has 0 aromatic carbocycles. The zero-order valence-electron chi connectivity index (χ0n) is 9.78. The minimum absolute atomic E-state index is 0.0198. The van der Waals surface area contributed by atoms with E-state index in [0.29, 0.717) is 0 Å². The molecule has 0 unspecified atom stereocenters. The van der Waals surface area contributed by atoms with E-state index in [9.17, 15) is 4.79 Å². The van der Waals surface area contributed by atoms with Gasteiger partial charge in [0.05, 0.1) is 0 Å². The van der Waals surface area contributed by atoms with Crippen LogP contribution in [-0.4, -0.2) is 24.9 Å². The van der Waals surface area contributed by atoms with Crippen molar-refractivity contribution in [2.45, 2.75) is 18.6 Å². The molecule has 5 heteroatoms. The Hall–Kier alpha value is -0.680. The van der Waals surface area contributed by atoms with Crippen LogP contribution >= 0.6 is 23.1 Å². The molecule has 1 aliphatic rings. The lowest BCUT2D eigenvalue weighted by Crippen LogP contribution is -2.37. The van der Waals surface area contributed by atoms with E-state index in [1.54, 1.807) is 11.3 Å². The number of rotatable bonds is 7. The maximum Gasteiger partial charge on any atom is 0.314 e. The smallest absolute Gasteiger partial charge is 0.314 e. The van der Waals surface area contributed by atoms with Gasteiger partial charge in [0.25, 0.3) is 0 Å². The number of nitrogens with one attached hydrogen (secondary N) is 2. The van der Waals surface area contributed by atoms with E-state index in [0.717, 1.165) is 30.5 Å². The number of thiophene rings is 1. The van der Waals surface area contributed by atoms with Crippen LogP contribution in [-0.2, 0) is 5.75 Å². The van der Waals surface area contributed by atoms with Crippen molar-refractivity contribution < 1.29 is 4.79 Å². The van der Waals surface area contributed by atoms with Gasteiger partial charge in [-0.15, -0.1) is 11.3 Å². The summed E-state index contributed by atoms with van der Waals surface area (Å²) >= 11 is 3.64. The third-order valence-electron chi connectivity index (χ3n) is 2.60. The predicted molar refractivity (Wildman–Crippen MR) is 74.6 cm³/mol. The zero-order valence-corrected chi connectivity index (χ0v) is 11.4. The van der Waals surface area contributed by atoms with Crippen molar-refractivity contribution >= 4 is 29.1 Å². The van der Waals surface area contributed by atoms with Crippen molar-refractivity contribution in [2.24, 2.45) is 5.92 Å². The average molecular weight is 270 g/mol. The average Bonchev–Trinajstić information content (AvgIpc) is 3.02. The number of urea groups is 1. The number of hydrogen-bond acceptors (Lipinski definition) is 3. The Labute approximate surface area is 110 Å². The number of hydrogen-bond donors (Lipinski definition) is 2. The molecule has 1 aromatic rings. The zero-order chi connectivity index (χ0) is 11.9. The summed E-state index contributed by atoms with van der Waals surface area (Å²) in [5.41, 5.74) is 0. The first-order valence-corrected chi connectivity index (χ1v) is 8.00. The molecule has 0 saturated heterocycles. The van der Waals surface area contributed by atoms with Crippen molar-refractivity contribution in [1.82, 2.24) is 10.6 Å². The molecule has 0 radical (unpaired) electrons. The summed E-state index contributed by atoms with van der Waals surface area (Å²) < 4.78 is 0. The van der Waals surface area contributed by atoms with Gasteiger partial charge in [0.2, 0.25) is 0 Å². The van der Waals surface area contributed by atoms with Crippen LogP contribution in [0.3, 0.4) is 0 Å². The van der Waals surface area contributed by atoms with Crippen molar-refractivity contribution in [2.75, 3.05) is 18.8 Å². The molecule has 94 valence electrons. The highest BCUT2D eigenvalue weighted by molar-refractivity contribution is 7.98. The minimum Gasteiger partial charge on any atom is -0.338 e. The van der Waals surface area contributed by atoms with Gasteiger partial charge in [-0.3, -0.25) is 0 Å². The standard InChI is InChI=1S/C12H18N2OS2/c15-12(14-8-10-3-4-10)13-5-7-16-9-11-2-1-6-17-11/h1-2,6,10H,3-5,7-9H2,(H2,13,14,15). The maximum absolute atomic E-state index is 11.3. The Morgan fingerprint density at radius 3 is 3.06 bits per heavy atom. The Kier molecular flexibility index (Phi) is 5.19. The highest BCUT2D eigenvalue weighted by Crippen LogP contribution is 2.27. The van der Waals surface area contributed by atoms with Gasteiger partial charge in [0.1, 0.15) is 0 Å². The molecule has 2 amide bonds. The SMILES string of the molecule is O=C(NCCSCc1cccs1)NCC1CC1. The van der Waals surface area contributed by atoms with Gasteiger partial charge < -0.3 is 10.6 Å². The van der Waals surface area contributed by atoms with E-state index in [2.05, 4.69) is 28.1 Å². The van der Waals surface area contributed by atoms with E-state index >= 15 is 0 Å². The van der Waals surface area contributed by atoms with E-state index in [1.807, 2.05) is 11.8 Å². The van der Waals surface area contributed by atoms with Crippen LogP contribution in [0.25, 0.3) is 0 Å². The van der Waals surface area contributed by atoms with Gasteiger partial charge in [0.15, 0.2) is 0 Å². The van der Waals surface area contributed by atoms with Crippen LogP contribution in [0.2, 0.25) is 0 Å². The molecule has 2 rings (SSSR count). The largest absolute Gasteiger partial charge is 0.338 e. The molecule has 1 aliphatic carbocycles. The number of carbonyl (C=O) groups excluding carboxylic acids is 1. The van der Waals surface area contributed by atoms with Crippen molar-refractivity contribution in [3.05, 3.63) is 22.4 Å². The van der Waals surface area contributed by atoms with Gasteiger partial charge >= 0.3 is 6.03 Å². The normalized spacial score (nSPS) is 14.6. The van der Waals surface area contributed by atoms with Gasteiger partial charge in [-0.1, -0.05) is 6.07 Å². The van der Waals surface area contributed by atoms with Crippen molar-refractivity contribution in [3.63, 3.8) is 0 Å². The minimum atomic E-state index is -0.0198. The van der Waals surface area contributed by atoms with Gasteiger partial charge in [0, 0.05) is 29.5 Å². The van der Waals surface area contributed by atoms with Crippen LogP contribution in [0, 0.1) is 5.92 Å². The molecule has 0 spiro atoms. The molecule has 0 atom stereocenters. The van der Waals surface area contributed by atoms with Crippen LogP contribution in [0.1, 0.15) is 17.7 Å².